The molecule has 3 aromatic rings. The number of carbonyl (C=O) groups excluding carboxylic acids is 1. The molecular weight excluding hydrogens is 379 g/mol. The van der Waals surface area contributed by atoms with Crippen LogP contribution in [0.1, 0.15) is 39.9 Å². The molecule has 1 aliphatic rings. The maximum atomic E-state index is 13.1. The molecular formula is C21H21FN2O3S. The number of aliphatic hydroxyl groups excluding tert-OH is 1. The van der Waals surface area contributed by atoms with Crippen molar-refractivity contribution in [2.24, 2.45) is 5.92 Å². The Bertz CT molecular complexity index is 945. The van der Waals surface area contributed by atoms with E-state index in [0.717, 1.165) is 4.88 Å². The van der Waals surface area contributed by atoms with Gasteiger partial charge < -0.3 is 14.4 Å². The molecule has 0 unspecified atom stereocenters. The molecule has 0 radical (unpaired) electrons. The van der Waals surface area contributed by atoms with Crippen LogP contribution < -0.4 is 0 Å². The molecule has 0 aliphatic carbocycles. The number of aromatic nitrogens is 1. The van der Waals surface area contributed by atoms with Crippen molar-refractivity contribution in [1.29, 1.82) is 0 Å². The number of nitrogens with zero attached hydrogens (tertiary/aromatic N) is 2. The van der Waals surface area contributed by atoms with E-state index in [1.807, 2.05) is 13.0 Å². The lowest BCUT2D eigenvalue weighted by atomic mass is 9.87. The normalized spacial score (nSPS) is 16.3. The number of amides is 1. The number of rotatable bonds is 4. The highest BCUT2D eigenvalue weighted by molar-refractivity contribution is 7.15. The summed E-state index contributed by atoms with van der Waals surface area (Å²) in [6, 6.07) is 9.58. The minimum atomic E-state index is -0.649. The topological polar surface area (TPSA) is 66.6 Å². The molecule has 0 bridgehead atoms. The van der Waals surface area contributed by atoms with Crippen LogP contribution in [0.5, 0.6) is 0 Å². The van der Waals surface area contributed by atoms with E-state index in [2.05, 4.69) is 4.98 Å². The van der Waals surface area contributed by atoms with Crippen molar-refractivity contribution < 1.29 is 18.7 Å². The number of likely N-dealkylation sites (tertiary alicyclic amines) is 1. The van der Waals surface area contributed by atoms with E-state index in [-0.39, 0.29) is 17.6 Å². The van der Waals surface area contributed by atoms with Gasteiger partial charge in [0.2, 0.25) is 0 Å². The van der Waals surface area contributed by atoms with Gasteiger partial charge in [-0.1, -0.05) is 12.1 Å². The van der Waals surface area contributed by atoms with Crippen molar-refractivity contribution in [2.45, 2.75) is 25.9 Å². The second-order valence-corrected chi connectivity index (χ2v) is 8.23. The lowest BCUT2D eigenvalue weighted by Crippen LogP contribution is -2.40. The van der Waals surface area contributed by atoms with E-state index in [1.54, 1.807) is 29.4 Å². The first-order valence-electron chi connectivity index (χ1n) is 9.27. The summed E-state index contributed by atoms with van der Waals surface area (Å²) in [4.78, 5) is 20.1. The molecule has 146 valence electrons. The van der Waals surface area contributed by atoms with Crippen LogP contribution in [0.25, 0.3) is 10.8 Å². The molecule has 2 aromatic heterocycles. The molecule has 1 fully saturated rings. The van der Waals surface area contributed by atoms with Gasteiger partial charge in [0.1, 0.15) is 11.5 Å². The largest absolute Gasteiger partial charge is 0.462 e. The molecule has 1 aliphatic heterocycles. The Balaban J connectivity index is 1.41. The van der Waals surface area contributed by atoms with E-state index < -0.39 is 6.10 Å². The van der Waals surface area contributed by atoms with Crippen molar-refractivity contribution >= 4 is 17.2 Å². The van der Waals surface area contributed by atoms with Gasteiger partial charge in [0.15, 0.2) is 10.8 Å². The Labute approximate surface area is 166 Å². The minimum absolute atomic E-state index is 0.0460. The fourth-order valence-corrected chi connectivity index (χ4v) is 4.47. The third kappa shape index (κ3) is 3.72. The van der Waals surface area contributed by atoms with Gasteiger partial charge in [-0.25, -0.2) is 9.37 Å². The van der Waals surface area contributed by atoms with Crippen LogP contribution in [0.4, 0.5) is 4.39 Å². The number of furan rings is 1. The fourth-order valence-electron chi connectivity index (χ4n) is 3.60. The first-order chi connectivity index (χ1) is 13.5. The first-order valence-corrected chi connectivity index (χ1v) is 10.1. The second-order valence-electron chi connectivity index (χ2n) is 7.03. The quantitative estimate of drug-likeness (QED) is 0.703. The molecule has 3 heterocycles. The van der Waals surface area contributed by atoms with Crippen LogP contribution in [-0.4, -0.2) is 34.0 Å². The fraction of sp³-hybridized carbons (Fsp3) is 0.333. The van der Waals surface area contributed by atoms with Gasteiger partial charge in [-0.2, -0.15) is 0 Å². The van der Waals surface area contributed by atoms with Gasteiger partial charge >= 0.3 is 0 Å². The molecule has 0 spiro atoms. The van der Waals surface area contributed by atoms with Crippen LogP contribution >= 0.6 is 11.3 Å². The van der Waals surface area contributed by atoms with Crippen LogP contribution in [0.15, 0.2) is 47.1 Å². The maximum absolute atomic E-state index is 13.1. The highest BCUT2D eigenvalue weighted by atomic mass is 32.1. The summed E-state index contributed by atoms with van der Waals surface area (Å²) < 4.78 is 18.5. The summed E-state index contributed by atoms with van der Waals surface area (Å²) in [6.07, 6.45) is 2.33. The average molecular weight is 400 g/mol. The average Bonchev–Trinajstić information content (AvgIpc) is 3.37. The van der Waals surface area contributed by atoms with Crippen molar-refractivity contribution in [3.8, 4) is 10.8 Å². The highest BCUT2D eigenvalue weighted by Gasteiger charge is 2.30. The lowest BCUT2D eigenvalue weighted by molar-refractivity contribution is 0.0458. The molecule has 1 amide bonds. The Morgan fingerprint density at radius 1 is 1.29 bits per heavy atom. The first kappa shape index (κ1) is 18.8. The van der Waals surface area contributed by atoms with E-state index >= 15 is 0 Å². The molecule has 1 N–H and O–H groups in total. The predicted molar refractivity (Wildman–Crippen MR) is 105 cm³/mol. The summed E-state index contributed by atoms with van der Waals surface area (Å²) in [5, 5.41) is 11.3. The van der Waals surface area contributed by atoms with E-state index in [0.29, 0.717) is 48.0 Å². The second kappa shape index (κ2) is 7.85. The molecule has 1 aromatic carbocycles. The van der Waals surface area contributed by atoms with Gasteiger partial charge in [-0.05, 0) is 55.5 Å². The number of benzene rings is 1. The zero-order valence-electron chi connectivity index (χ0n) is 15.5. The van der Waals surface area contributed by atoms with E-state index in [9.17, 15) is 14.3 Å². The van der Waals surface area contributed by atoms with Gasteiger partial charge in [0, 0.05) is 18.0 Å². The SMILES string of the molecule is Cc1sc(-c2ccco2)nc1C(=O)N1CCC([C@@H](O)c2ccc(F)cc2)CC1. The Morgan fingerprint density at radius 2 is 2.00 bits per heavy atom. The van der Waals surface area contributed by atoms with Crippen molar-refractivity contribution in [3.05, 3.63) is 64.6 Å². The number of piperidine rings is 1. The predicted octanol–water partition coefficient (Wildman–Crippen LogP) is 4.44. The number of aryl methyl sites for hydroxylation is 1. The van der Waals surface area contributed by atoms with Gasteiger partial charge in [-0.3, -0.25) is 4.79 Å². The van der Waals surface area contributed by atoms with Gasteiger partial charge in [0.25, 0.3) is 5.91 Å². The number of aliphatic hydroxyl groups is 1. The molecule has 4 rings (SSSR count). The number of hydrogen-bond donors (Lipinski definition) is 1. The Morgan fingerprint density at radius 3 is 2.64 bits per heavy atom. The maximum Gasteiger partial charge on any atom is 0.273 e. The van der Waals surface area contributed by atoms with Crippen LogP contribution in [0, 0.1) is 18.7 Å². The van der Waals surface area contributed by atoms with Gasteiger partial charge in [-0.15, -0.1) is 11.3 Å². The van der Waals surface area contributed by atoms with Crippen molar-refractivity contribution in [3.63, 3.8) is 0 Å². The minimum Gasteiger partial charge on any atom is -0.462 e. The molecule has 7 heteroatoms. The third-order valence-corrected chi connectivity index (χ3v) is 6.20. The number of hydrogen-bond acceptors (Lipinski definition) is 5. The summed E-state index contributed by atoms with van der Waals surface area (Å²) in [7, 11) is 0. The van der Waals surface area contributed by atoms with Crippen LogP contribution in [0.2, 0.25) is 0 Å². The Hall–Kier alpha value is -2.51. The summed E-state index contributed by atoms with van der Waals surface area (Å²) >= 11 is 1.45. The standard InChI is InChI=1S/C21H21FN2O3S/c1-13-18(23-20(28-13)17-3-2-12-27-17)21(26)24-10-8-15(9-11-24)19(25)14-4-6-16(22)7-5-14/h2-7,12,15,19,25H,8-11H2,1H3/t19-/m0/s1. The zero-order valence-corrected chi connectivity index (χ0v) is 16.3. The molecule has 1 saturated heterocycles. The molecule has 0 saturated carbocycles. The van der Waals surface area contributed by atoms with Crippen LogP contribution in [0.3, 0.4) is 0 Å². The highest BCUT2D eigenvalue weighted by Crippen LogP contribution is 2.33. The van der Waals surface area contributed by atoms with E-state index in [1.165, 1.54) is 23.5 Å². The molecule has 1 atom stereocenters. The number of halogens is 1. The van der Waals surface area contributed by atoms with Crippen molar-refractivity contribution in [1.82, 2.24) is 9.88 Å². The monoisotopic (exact) mass is 400 g/mol. The lowest BCUT2D eigenvalue weighted by Gasteiger charge is -2.34. The summed E-state index contributed by atoms with van der Waals surface area (Å²) in [5.41, 5.74) is 1.18. The number of carbonyl (C=O) groups is 1. The summed E-state index contributed by atoms with van der Waals surface area (Å²) in [5.74, 6) is 0.309. The number of thiazole rings is 1. The summed E-state index contributed by atoms with van der Waals surface area (Å²) in [6.45, 7) is 3.02. The molecule has 5 nitrogen and oxygen atoms in total. The van der Waals surface area contributed by atoms with Crippen LogP contribution in [-0.2, 0) is 0 Å². The van der Waals surface area contributed by atoms with Crippen molar-refractivity contribution in [2.75, 3.05) is 13.1 Å². The van der Waals surface area contributed by atoms with E-state index in [4.69, 9.17) is 4.42 Å². The third-order valence-electron chi connectivity index (χ3n) is 5.22. The Kier molecular flexibility index (Phi) is 5.28. The molecule has 28 heavy (non-hydrogen) atoms. The van der Waals surface area contributed by atoms with Gasteiger partial charge in [0.05, 0.1) is 12.4 Å². The smallest absolute Gasteiger partial charge is 0.273 e. The zero-order chi connectivity index (χ0) is 19.7.